The molecule has 6 rings (SSSR count). The monoisotopic (exact) mass is 872 g/mol. The van der Waals surface area contributed by atoms with Gasteiger partial charge in [0, 0.05) is 62.2 Å². The van der Waals surface area contributed by atoms with Crippen molar-refractivity contribution in [1.82, 2.24) is 14.8 Å². The molecule has 334 valence electrons. The number of ether oxygens (including phenoxy) is 6. The summed E-state index contributed by atoms with van der Waals surface area (Å²) < 4.78 is 39.4. The highest BCUT2D eigenvalue weighted by molar-refractivity contribution is 6.45. The molecule has 0 bridgehead atoms. The van der Waals surface area contributed by atoms with E-state index in [1.165, 1.54) is 29.3 Å². The van der Waals surface area contributed by atoms with E-state index in [9.17, 15) is 34.6 Å². The van der Waals surface area contributed by atoms with E-state index in [2.05, 4.69) is 10.3 Å². The van der Waals surface area contributed by atoms with Crippen molar-refractivity contribution >= 4 is 45.6 Å². The number of hydrogen-bond donors (Lipinski definition) is 2. The Morgan fingerprint density at radius 1 is 0.667 bits per heavy atom. The molecule has 63 heavy (non-hydrogen) atoms. The van der Waals surface area contributed by atoms with Crippen molar-refractivity contribution < 1.29 is 57.1 Å². The number of fused-ring (bicyclic) bond motifs is 1. The minimum absolute atomic E-state index is 0.118. The standard InChI is InChI=1S/C43H48N6O14/c50-41(43(52)47-16-14-46(15-17-47)42(51)31-6-2-1-3-7-31)33-30-45-39-32(36-10-5-18-62-36)11-12-37(38(33)39)63-29-28-61-27-26-60-25-24-59-23-22-58-21-20-57-19-13-44-40-34(48(53)54)8-4-9-35(40)49(55)56/h1-12,18,30,44-45H,13-17,19-29H2. The van der Waals surface area contributed by atoms with Gasteiger partial charge in [-0.15, -0.1) is 0 Å². The van der Waals surface area contributed by atoms with E-state index in [0.29, 0.717) is 86.3 Å². The van der Waals surface area contributed by atoms with Crippen molar-refractivity contribution in [3.8, 4) is 17.1 Å². The van der Waals surface area contributed by atoms with Crippen LogP contribution >= 0.6 is 0 Å². The maximum absolute atomic E-state index is 13.8. The largest absolute Gasteiger partial charge is 0.490 e. The van der Waals surface area contributed by atoms with Gasteiger partial charge in [-0.1, -0.05) is 18.2 Å². The number of amides is 2. The summed E-state index contributed by atoms with van der Waals surface area (Å²) in [5, 5.41) is 25.6. The van der Waals surface area contributed by atoms with Gasteiger partial charge in [-0.05, 0) is 42.5 Å². The Morgan fingerprint density at radius 2 is 1.24 bits per heavy atom. The fourth-order valence-electron chi connectivity index (χ4n) is 6.74. The number of nitro groups is 2. The van der Waals surface area contributed by atoms with E-state index in [4.69, 9.17) is 32.8 Å². The van der Waals surface area contributed by atoms with Crippen molar-refractivity contribution in [2.24, 2.45) is 0 Å². The third-order valence-electron chi connectivity index (χ3n) is 9.83. The lowest BCUT2D eigenvalue weighted by Crippen LogP contribution is -2.52. The summed E-state index contributed by atoms with van der Waals surface area (Å²) in [6.07, 6.45) is 3.06. The topological polar surface area (TPSA) is 240 Å². The third kappa shape index (κ3) is 12.5. The molecule has 3 heterocycles. The molecule has 0 radical (unpaired) electrons. The fraction of sp³-hybridized carbons (Fsp3) is 0.372. The highest BCUT2D eigenvalue weighted by atomic mass is 16.6. The molecule has 0 aliphatic carbocycles. The highest BCUT2D eigenvalue weighted by Gasteiger charge is 2.31. The normalized spacial score (nSPS) is 12.7. The number of aromatic amines is 1. The Morgan fingerprint density at radius 3 is 1.81 bits per heavy atom. The molecule has 2 aromatic heterocycles. The molecule has 0 spiro atoms. The van der Waals surface area contributed by atoms with Gasteiger partial charge < -0.3 is 52.9 Å². The summed E-state index contributed by atoms with van der Waals surface area (Å²) in [5.41, 5.74) is 1.07. The number of furan rings is 1. The lowest BCUT2D eigenvalue weighted by Gasteiger charge is -2.34. The van der Waals surface area contributed by atoms with E-state index in [1.807, 2.05) is 12.1 Å². The third-order valence-corrected chi connectivity index (χ3v) is 9.83. The number of anilines is 1. The second kappa shape index (κ2) is 23.5. The van der Waals surface area contributed by atoms with Gasteiger partial charge in [0.15, 0.2) is 5.69 Å². The first kappa shape index (κ1) is 45.8. The fourth-order valence-corrected chi connectivity index (χ4v) is 6.74. The second-order valence-electron chi connectivity index (χ2n) is 13.8. The first-order valence-corrected chi connectivity index (χ1v) is 20.3. The van der Waals surface area contributed by atoms with Crippen LogP contribution in [0.5, 0.6) is 5.75 Å². The maximum Gasteiger partial charge on any atom is 0.299 e. The van der Waals surface area contributed by atoms with Crippen LogP contribution in [0.2, 0.25) is 0 Å². The molecule has 20 heteroatoms. The van der Waals surface area contributed by atoms with Crippen molar-refractivity contribution in [1.29, 1.82) is 0 Å². The summed E-state index contributed by atoms with van der Waals surface area (Å²) in [6.45, 7) is 4.28. The molecular formula is C43H48N6O14. The molecule has 0 saturated carbocycles. The summed E-state index contributed by atoms with van der Waals surface area (Å²) in [7, 11) is 0. The molecule has 20 nitrogen and oxygen atoms in total. The second-order valence-corrected chi connectivity index (χ2v) is 13.8. The van der Waals surface area contributed by atoms with Crippen LogP contribution in [0.4, 0.5) is 17.1 Å². The molecular weight excluding hydrogens is 825 g/mol. The van der Waals surface area contributed by atoms with Gasteiger partial charge in [0.2, 0.25) is 0 Å². The average molecular weight is 873 g/mol. The molecule has 1 aliphatic heterocycles. The van der Waals surface area contributed by atoms with Crippen molar-refractivity contribution in [2.45, 2.75) is 0 Å². The Balaban J connectivity index is 0.845. The number of rotatable bonds is 26. The van der Waals surface area contributed by atoms with Crippen LogP contribution in [-0.2, 0) is 28.5 Å². The SMILES string of the molecule is O=C(C(=O)N1CCN(C(=O)c2ccccc2)CC1)c1c[nH]c2c(-c3ccco3)ccc(OCCOCCOCCOCCOCCOCCNc3c([N+](=O)[O-])cccc3[N+](=O)[O-])c12. The quantitative estimate of drug-likeness (QED) is 0.0245. The molecule has 3 aromatic carbocycles. The zero-order chi connectivity index (χ0) is 44.4. The predicted molar refractivity (Wildman–Crippen MR) is 227 cm³/mol. The predicted octanol–water partition coefficient (Wildman–Crippen LogP) is 4.99. The lowest BCUT2D eigenvalue weighted by molar-refractivity contribution is -0.392. The minimum Gasteiger partial charge on any atom is -0.490 e. The van der Waals surface area contributed by atoms with Crippen LogP contribution in [0.3, 0.4) is 0 Å². The van der Waals surface area contributed by atoms with E-state index in [1.54, 1.807) is 53.6 Å². The van der Waals surface area contributed by atoms with Gasteiger partial charge in [-0.2, -0.15) is 0 Å². The summed E-state index contributed by atoms with van der Waals surface area (Å²) in [6, 6.07) is 19.7. The number of carbonyl (C=O) groups excluding carboxylic acids is 3. The molecule has 0 atom stereocenters. The lowest BCUT2D eigenvalue weighted by atomic mass is 10.0. The van der Waals surface area contributed by atoms with Crippen LogP contribution < -0.4 is 10.1 Å². The molecule has 1 aliphatic rings. The Labute approximate surface area is 361 Å². The number of nitro benzene ring substituents is 2. The number of hydrogen-bond acceptors (Lipinski definition) is 15. The zero-order valence-electron chi connectivity index (χ0n) is 34.4. The van der Waals surface area contributed by atoms with Gasteiger partial charge in [-0.3, -0.25) is 34.6 Å². The zero-order valence-corrected chi connectivity index (χ0v) is 34.4. The van der Waals surface area contributed by atoms with Gasteiger partial charge in [0.1, 0.15) is 18.1 Å². The summed E-state index contributed by atoms with van der Waals surface area (Å²) in [5.74, 6) is -0.505. The van der Waals surface area contributed by atoms with Crippen molar-refractivity contribution in [3.63, 3.8) is 0 Å². The molecule has 1 fully saturated rings. The van der Waals surface area contributed by atoms with Crippen molar-refractivity contribution in [3.05, 3.63) is 117 Å². The molecule has 1 saturated heterocycles. The number of ketones is 1. The Hall–Kier alpha value is -6.71. The van der Waals surface area contributed by atoms with Gasteiger partial charge in [0.25, 0.3) is 29.0 Å². The number of nitrogens with zero attached hydrogens (tertiary/aromatic N) is 4. The van der Waals surface area contributed by atoms with Gasteiger partial charge in [-0.25, -0.2) is 0 Å². The first-order valence-electron chi connectivity index (χ1n) is 20.3. The van der Waals surface area contributed by atoms with E-state index in [-0.39, 0.29) is 81.2 Å². The first-order chi connectivity index (χ1) is 30.7. The van der Waals surface area contributed by atoms with Gasteiger partial charge >= 0.3 is 0 Å². The summed E-state index contributed by atoms with van der Waals surface area (Å²) in [4.78, 5) is 67.6. The van der Waals surface area contributed by atoms with E-state index < -0.39 is 21.5 Å². The summed E-state index contributed by atoms with van der Waals surface area (Å²) >= 11 is 0. The van der Waals surface area contributed by atoms with Crippen LogP contribution in [0.1, 0.15) is 20.7 Å². The van der Waals surface area contributed by atoms with Crippen LogP contribution in [-0.4, -0.2) is 148 Å². The number of piperazine rings is 1. The van der Waals surface area contributed by atoms with Crippen LogP contribution in [0.15, 0.2) is 89.7 Å². The highest BCUT2D eigenvalue weighted by Crippen LogP contribution is 2.37. The molecule has 2 N–H and O–H groups in total. The average Bonchev–Trinajstić information content (AvgIpc) is 4.01. The van der Waals surface area contributed by atoms with Crippen LogP contribution in [0.25, 0.3) is 22.2 Å². The number of para-hydroxylation sites is 1. The van der Waals surface area contributed by atoms with E-state index in [0.717, 1.165) is 0 Å². The molecule has 0 unspecified atom stereocenters. The van der Waals surface area contributed by atoms with Gasteiger partial charge in [0.05, 0.1) is 98.6 Å². The minimum atomic E-state index is -0.692. The number of benzene rings is 3. The van der Waals surface area contributed by atoms with Crippen molar-refractivity contribution in [2.75, 3.05) is 111 Å². The number of carbonyl (C=O) groups is 3. The number of H-pyrrole nitrogens is 1. The Kier molecular flexibility index (Phi) is 17.1. The maximum atomic E-state index is 13.8. The number of aromatic nitrogens is 1. The number of Topliss-reactive ketones (excluding diaryl/α,β-unsaturated/α-hetero) is 1. The number of nitrogens with one attached hydrogen (secondary N) is 2. The van der Waals surface area contributed by atoms with E-state index >= 15 is 0 Å². The smallest absolute Gasteiger partial charge is 0.299 e. The molecule has 5 aromatic rings. The Bertz CT molecular complexity index is 2260. The van der Waals surface area contributed by atoms with Crippen LogP contribution in [0, 0.1) is 20.2 Å². The molecule has 2 amide bonds.